The average Bonchev–Trinajstić information content (AvgIpc) is 3.04. The highest BCUT2D eigenvalue weighted by Gasteiger charge is 2.66. The number of aromatic nitrogens is 1. The van der Waals surface area contributed by atoms with E-state index in [9.17, 15) is 45.5 Å². The van der Waals surface area contributed by atoms with Crippen molar-refractivity contribution in [2.24, 2.45) is 16.6 Å². The van der Waals surface area contributed by atoms with E-state index in [0.29, 0.717) is 23.8 Å². The highest BCUT2D eigenvalue weighted by molar-refractivity contribution is 5.91. The normalized spacial score (nSPS) is 24.8. The van der Waals surface area contributed by atoms with Crippen LogP contribution in [0.2, 0.25) is 0 Å². The predicted octanol–water partition coefficient (Wildman–Crippen LogP) is 3.27. The number of hydrogen-bond donors (Lipinski definition) is 2. The van der Waals surface area contributed by atoms with Gasteiger partial charge >= 0.3 is 12.8 Å². The lowest BCUT2D eigenvalue weighted by atomic mass is 9.77. The van der Waals surface area contributed by atoms with Gasteiger partial charge in [-0.15, -0.1) is 0 Å². The zero-order chi connectivity index (χ0) is 27.2. The summed E-state index contributed by atoms with van der Waals surface area (Å²) >= 11 is 0. The highest BCUT2D eigenvalue weighted by Crippen LogP contribution is 2.55. The molecule has 0 spiro atoms. The predicted molar refractivity (Wildman–Crippen MR) is 105 cm³/mol. The Kier molecular flexibility index (Phi) is 7.08. The summed E-state index contributed by atoms with van der Waals surface area (Å²) in [4.78, 5) is 28.0. The first-order valence-corrected chi connectivity index (χ1v) is 10.1. The van der Waals surface area contributed by atoms with Gasteiger partial charge in [-0.25, -0.2) is 9.38 Å². The van der Waals surface area contributed by atoms with Crippen LogP contribution < -0.4 is 15.8 Å². The molecule has 0 bridgehead atoms. The lowest BCUT2D eigenvalue weighted by Gasteiger charge is -2.32. The number of nitrogens with zero attached hydrogens (tertiary/aromatic N) is 2. The van der Waals surface area contributed by atoms with Gasteiger partial charge in [0.05, 0.1) is 5.36 Å². The second-order valence-electron chi connectivity index (χ2n) is 8.04. The number of carbonyl (C=O) groups excluding carboxylic acids is 2. The van der Waals surface area contributed by atoms with Crippen LogP contribution in [0.1, 0.15) is 35.8 Å². The summed E-state index contributed by atoms with van der Waals surface area (Å²) in [5.74, 6) is -10.9. The molecule has 1 saturated heterocycles. The second-order valence-corrected chi connectivity index (χ2v) is 8.04. The van der Waals surface area contributed by atoms with Crippen molar-refractivity contribution in [3.05, 3.63) is 58.7 Å². The fourth-order valence-electron chi connectivity index (χ4n) is 3.95. The number of hydrogen-bond acceptors (Lipinski definition) is 5. The summed E-state index contributed by atoms with van der Waals surface area (Å²) in [5.41, 5.74) is 0.832. The zero-order valence-electron chi connectivity index (χ0n) is 18.4. The van der Waals surface area contributed by atoms with E-state index in [0.717, 1.165) is 25.3 Å². The van der Waals surface area contributed by atoms with Crippen LogP contribution in [0, 0.1) is 17.6 Å². The van der Waals surface area contributed by atoms with Crippen LogP contribution in [0.15, 0.2) is 35.5 Å². The largest absolute Gasteiger partial charge is 0.431 e. The Labute approximate surface area is 197 Å². The summed E-state index contributed by atoms with van der Waals surface area (Å²) < 4.78 is 105. The van der Waals surface area contributed by atoms with Crippen molar-refractivity contribution in [3.8, 4) is 5.75 Å². The van der Waals surface area contributed by atoms with Crippen molar-refractivity contribution in [2.45, 2.75) is 44.3 Å². The van der Waals surface area contributed by atoms with E-state index in [4.69, 9.17) is 10.5 Å². The number of alkyl halides is 5. The Morgan fingerprint density at radius 2 is 1.89 bits per heavy atom. The molecule has 0 saturated carbocycles. The first kappa shape index (κ1) is 27.0. The number of benzene rings is 1. The molecule has 0 radical (unpaired) electrons. The number of rotatable bonds is 5. The number of nitrogens with two attached hydrogens (primary N) is 1. The third kappa shape index (κ3) is 4.74. The van der Waals surface area contributed by atoms with E-state index in [1.54, 1.807) is 0 Å². The first-order valence-electron chi connectivity index (χ1n) is 10.1. The smallest absolute Gasteiger partial charge is 0.417 e. The van der Waals surface area contributed by atoms with Crippen molar-refractivity contribution < 1.29 is 55.0 Å². The molecule has 4 unspecified atom stereocenters. The number of carbonyl (C=O) groups is 2. The molecule has 15 heteroatoms. The quantitative estimate of drug-likeness (QED) is 0.459. The minimum atomic E-state index is -5.09. The maximum absolute atomic E-state index is 14.4. The molecule has 3 N–H and O–H groups in total. The number of halogens is 7. The van der Waals surface area contributed by atoms with Crippen molar-refractivity contribution in [1.82, 2.24) is 4.73 Å². The van der Waals surface area contributed by atoms with Gasteiger partial charge in [0.25, 0.3) is 11.8 Å². The molecule has 0 aliphatic carbocycles. The van der Waals surface area contributed by atoms with E-state index in [-0.39, 0.29) is 5.36 Å². The summed E-state index contributed by atoms with van der Waals surface area (Å²) in [6.07, 6.45) is -6.35. The van der Waals surface area contributed by atoms with Gasteiger partial charge in [-0.1, -0.05) is 13.0 Å². The maximum atomic E-state index is 14.4. The third-order valence-electron chi connectivity index (χ3n) is 5.97. The summed E-state index contributed by atoms with van der Waals surface area (Å²) in [6, 6.07) is 3.04. The lowest BCUT2D eigenvalue weighted by molar-refractivity contribution is -0.272. The van der Waals surface area contributed by atoms with Gasteiger partial charge in [0.1, 0.15) is 11.8 Å². The van der Waals surface area contributed by atoms with Crippen LogP contribution in [0.3, 0.4) is 0 Å². The molecule has 1 aromatic carbocycles. The summed E-state index contributed by atoms with van der Waals surface area (Å²) in [5, 5.41) is 9.25. The van der Waals surface area contributed by atoms with Crippen molar-refractivity contribution in [2.75, 3.05) is 0 Å². The molecule has 1 aromatic heterocycles. The Hall–Kier alpha value is -3.62. The van der Waals surface area contributed by atoms with Crippen molar-refractivity contribution in [3.63, 3.8) is 0 Å². The molecule has 2 heterocycles. The minimum absolute atomic E-state index is 0.304. The molecule has 1 aliphatic heterocycles. The molecule has 36 heavy (non-hydrogen) atoms. The number of pyridine rings is 1. The number of primary amides is 1. The summed E-state index contributed by atoms with van der Waals surface area (Å²) in [6.45, 7) is -2.08. The number of amides is 2. The van der Waals surface area contributed by atoms with E-state index in [1.807, 2.05) is 0 Å². The molecule has 8 nitrogen and oxygen atoms in total. The molecular formula is C21H18F7N3O5. The average molecular weight is 525 g/mol. The highest BCUT2D eigenvalue weighted by atomic mass is 19.4. The molecule has 2 aromatic rings. The van der Waals surface area contributed by atoms with E-state index in [2.05, 4.69) is 9.73 Å². The van der Waals surface area contributed by atoms with Gasteiger partial charge in [-0.2, -0.15) is 31.1 Å². The molecule has 2 amide bonds. The van der Waals surface area contributed by atoms with Gasteiger partial charge in [0.15, 0.2) is 17.2 Å². The fourth-order valence-corrected chi connectivity index (χ4v) is 3.95. The van der Waals surface area contributed by atoms with Crippen LogP contribution in [0.5, 0.6) is 5.75 Å². The van der Waals surface area contributed by atoms with Gasteiger partial charge < -0.3 is 20.4 Å². The van der Waals surface area contributed by atoms with E-state index < -0.39 is 76.8 Å². The third-order valence-corrected chi connectivity index (χ3v) is 5.97. The van der Waals surface area contributed by atoms with E-state index in [1.165, 1.54) is 0 Å². The maximum Gasteiger partial charge on any atom is 0.417 e. The van der Waals surface area contributed by atoms with Crippen LogP contribution >= 0.6 is 0 Å². The molecule has 3 rings (SSSR count). The second kappa shape index (κ2) is 9.44. The molecule has 196 valence electrons. The minimum Gasteiger partial charge on any atom is -0.431 e. The SMILES string of the molecule is CC1C(c2ccc(F)c(F)c2OC(F)F)C(C(=O)N=c2ccn(O)c(C(N)=O)c2)OC1(C)C(F)(F)F. The van der Waals surface area contributed by atoms with E-state index >= 15 is 0 Å². The van der Waals surface area contributed by atoms with Crippen molar-refractivity contribution in [1.29, 1.82) is 0 Å². The molecule has 4 atom stereocenters. The molecule has 1 aliphatic rings. The van der Waals surface area contributed by atoms with Crippen molar-refractivity contribution >= 4 is 11.8 Å². The number of ether oxygens (including phenoxy) is 2. The Bertz CT molecular complexity index is 1260. The topological polar surface area (TPSA) is 116 Å². The van der Waals surface area contributed by atoms with Gasteiger partial charge in [0.2, 0.25) is 5.82 Å². The van der Waals surface area contributed by atoms with Crippen LogP contribution in [0.25, 0.3) is 0 Å². The first-order chi connectivity index (χ1) is 16.6. The van der Waals surface area contributed by atoms with Gasteiger partial charge in [0, 0.05) is 23.6 Å². The Balaban J connectivity index is 2.20. The monoisotopic (exact) mass is 525 g/mol. The fraction of sp³-hybridized carbons (Fsp3) is 0.381. The standard InChI is InChI=1S/C21H18F7N3O5/c1-8-13(10-3-4-11(22)14(23)15(10)35-19(24)25)16(36-20(8,2)21(26,27)28)18(33)30-9-5-6-31(34)12(7-9)17(29)32/h3-8,13,16,19,34H,1-2H3,(H2,29,32). The van der Waals surface area contributed by atoms with Gasteiger partial charge in [-0.3, -0.25) is 9.59 Å². The van der Waals surface area contributed by atoms with Crippen LogP contribution in [0.4, 0.5) is 30.7 Å². The molecule has 1 fully saturated rings. The Morgan fingerprint density at radius 1 is 1.25 bits per heavy atom. The molecular weight excluding hydrogens is 507 g/mol. The zero-order valence-corrected chi connectivity index (χ0v) is 18.4. The Morgan fingerprint density at radius 3 is 2.44 bits per heavy atom. The van der Waals surface area contributed by atoms with Crippen LogP contribution in [-0.4, -0.2) is 46.2 Å². The van der Waals surface area contributed by atoms with Gasteiger partial charge in [-0.05, 0) is 25.1 Å². The summed E-state index contributed by atoms with van der Waals surface area (Å²) in [7, 11) is 0. The van der Waals surface area contributed by atoms with Crippen LogP contribution in [-0.2, 0) is 9.53 Å². The lowest BCUT2D eigenvalue weighted by Crippen LogP contribution is -2.47.